The molecule has 10 heavy (non-hydrogen) atoms. The molecule has 3 heteroatoms. The van der Waals surface area contributed by atoms with E-state index in [1.165, 1.54) is 0 Å². The molecule has 0 saturated heterocycles. The summed E-state index contributed by atoms with van der Waals surface area (Å²) in [5, 5.41) is 17.1. The first-order valence-corrected chi connectivity index (χ1v) is 3.07. The Morgan fingerprint density at radius 3 is 2.20 bits per heavy atom. The van der Waals surface area contributed by atoms with E-state index in [0.29, 0.717) is 6.61 Å². The second-order valence-electron chi connectivity index (χ2n) is 2.18. The van der Waals surface area contributed by atoms with Gasteiger partial charge in [-0.3, -0.25) is 0 Å². The lowest BCUT2D eigenvalue weighted by atomic mass is 10.4. The first-order chi connectivity index (χ1) is 4.16. The predicted octanol–water partition coefficient (Wildman–Crippen LogP) is 0.401. The smallest absolute Gasteiger partial charge is 0.0779 e. The lowest BCUT2D eigenvalue weighted by Crippen LogP contribution is -2.19. The van der Waals surface area contributed by atoms with Crippen molar-refractivity contribution in [2.75, 3.05) is 13.2 Å². The maximum absolute atomic E-state index is 8.69. The normalized spacial score (nSPS) is 15.6. The van der Waals surface area contributed by atoms with Gasteiger partial charge in [0, 0.05) is 0 Å². The van der Waals surface area contributed by atoms with Gasteiger partial charge in [0.25, 0.3) is 0 Å². The van der Waals surface area contributed by atoms with Gasteiger partial charge in [-0.1, -0.05) is 7.43 Å². The van der Waals surface area contributed by atoms with Crippen LogP contribution in [-0.2, 0) is 4.74 Å². The minimum absolute atomic E-state index is 0. The summed E-state index contributed by atoms with van der Waals surface area (Å²) in [7, 11) is 0. The van der Waals surface area contributed by atoms with Crippen LogP contribution in [0.5, 0.6) is 0 Å². The number of hydrogen-bond donors (Lipinski definition) is 2. The summed E-state index contributed by atoms with van der Waals surface area (Å²) < 4.78 is 4.95. The molecule has 0 aromatic carbocycles. The zero-order valence-corrected chi connectivity index (χ0v) is 5.87. The summed E-state index contributed by atoms with van der Waals surface area (Å²) in [6, 6.07) is 0. The van der Waals surface area contributed by atoms with Crippen LogP contribution in [-0.4, -0.2) is 35.6 Å². The minimum atomic E-state index is -0.445. The molecule has 0 spiro atoms. The fourth-order valence-electron chi connectivity index (χ4n) is 0.356. The Balaban J connectivity index is 0. The molecular weight excluding hydrogens is 132 g/mol. The molecule has 0 aromatic rings. The van der Waals surface area contributed by atoms with Crippen LogP contribution in [0.3, 0.4) is 0 Å². The van der Waals surface area contributed by atoms with Crippen molar-refractivity contribution in [3.05, 3.63) is 0 Å². The maximum atomic E-state index is 8.69. The van der Waals surface area contributed by atoms with Crippen LogP contribution in [0.1, 0.15) is 21.3 Å². The quantitative estimate of drug-likeness (QED) is 0.610. The first-order valence-electron chi connectivity index (χ1n) is 3.07. The highest BCUT2D eigenvalue weighted by Crippen LogP contribution is 1.90. The van der Waals surface area contributed by atoms with Gasteiger partial charge < -0.3 is 14.9 Å². The molecule has 2 atom stereocenters. The van der Waals surface area contributed by atoms with Gasteiger partial charge in [0.1, 0.15) is 0 Å². The van der Waals surface area contributed by atoms with Crippen LogP contribution < -0.4 is 0 Å². The highest BCUT2D eigenvalue weighted by Gasteiger charge is 2.00. The highest BCUT2D eigenvalue weighted by atomic mass is 16.5. The van der Waals surface area contributed by atoms with E-state index in [1.807, 2.05) is 0 Å². The van der Waals surface area contributed by atoms with Crippen molar-refractivity contribution in [1.82, 2.24) is 0 Å². The van der Waals surface area contributed by atoms with Crippen molar-refractivity contribution in [2.24, 2.45) is 0 Å². The molecule has 0 heterocycles. The SMILES string of the molecule is C.CC(O)COC(C)CO. The van der Waals surface area contributed by atoms with E-state index in [2.05, 4.69) is 0 Å². The fraction of sp³-hybridized carbons (Fsp3) is 1.00. The fourth-order valence-corrected chi connectivity index (χ4v) is 0.356. The van der Waals surface area contributed by atoms with Crippen molar-refractivity contribution in [2.45, 2.75) is 33.5 Å². The third kappa shape index (κ3) is 7.88. The monoisotopic (exact) mass is 150 g/mol. The molecule has 64 valence electrons. The lowest BCUT2D eigenvalue weighted by Gasteiger charge is -2.10. The zero-order valence-electron chi connectivity index (χ0n) is 5.87. The van der Waals surface area contributed by atoms with Gasteiger partial charge in [-0.15, -0.1) is 0 Å². The van der Waals surface area contributed by atoms with Crippen molar-refractivity contribution in [3.8, 4) is 0 Å². The van der Waals surface area contributed by atoms with Crippen LogP contribution in [0.15, 0.2) is 0 Å². The number of aliphatic hydroxyl groups excluding tert-OH is 2. The molecule has 0 bridgehead atoms. The molecule has 3 nitrogen and oxygen atoms in total. The Kier molecular flexibility index (Phi) is 8.77. The van der Waals surface area contributed by atoms with E-state index >= 15 is 0 Å². The summed E-state index contributed by atoms with van der Waals surface area (Å²) in [5.74, 6) is 0. The predicted molar refractivity (Wildman–Crippen MR) is 40.9 cm³/mol. The van der Waals surface area contributed by atoms with Gasteiger partial charge in [0.05, 0.1) is 25.4 Å². The van der Waals surface area contributed by atoms with E-state index in [0.717, 1.165) is 0 Å². The molecule has 0 rings (SSSR count). The van der Waals surface area contributed by atoms with Gasteiger partial charge in [0.2, 0.25) is 0 Å². The molecule has 0 saturated carbocycles. The number of rotatable bonds is 4. The van der Waals surface area contributed by atoms with E-state index in [1.54, 1.807) is 13.8 Å². The zero-order chi connectivity index (χ0) is 7.28. The van der Waals surface area contributed by atoms with Crippen LogP contribution in [0.25, 0.3) is 0 Å². The second kappa shape index (κ2) is 6.99. The number of ether oxygens (including phenoxy) is 1. The molecule has 0 aromatic heterocycles. The molecule has 2 unspecified atom stereocenters. The van der Waals surface area contributed by atoms with Crippen molar-refractivity contribution in [1.29, 1.82) is 0 Å². The molecule has 0 aliphatic carbocycles. The molecule has 0 aliphatic rings. The average Bonchev–Trinajstić information content (AvgIpc) is 1.83. The Morgan fingerprint density at radius 1 is 1.40 bits per heavy atom. The summed E-state index contributed by atoms with van der Waals surface area (Å²) in [4.78, 5) is 0. The minimum Gasteiger partial charge on any atom is -0.394 e. The highest BCUT2D eigenvalue weighted by molar-refractivity contribution is 4.47. The van der Waals surface area contributed by atoms with E-state index in [4.69, 9.17) is 14.9 Å². The van der Waals surface area contributed by atoms with Crippen molar-refractivity contribution in [3.63, 3.8) is 0 Å². The molecule has 0 amide bonds. The van der Waals surface area contributed by atoms with Gasteiger partial charge >= 0.3 is 0 Å². The van der Waals surface area contributed by atoms with Crippen LogP contribution in [0.4, 0.5) is 0 Å². The van der Waals surface area contributed by atoms with Crippen LogP contribution >= 0.6 is 0 Å². The summed E-state index contributed by atoms with van der Waals surface area (Å²) in [6.07, 6.45) is -0.612. The lowest BCUT2D eigenvalue weighted by molar-refractivity contribution is -0.0177. The summed E-state index contributed by atoms with van der Waals surface area (Å²) >= 11 is 0. The number of hydrogen-bond acceptors (Lipinski definition) is 3. The molecule has 0 aliphatic heterocycles. The Hall–Kier alpha value is -0.120. The van der Waals surface area contributed by atoms with Gasteiger partial charge in [-0.25, -0.2) is 0 Å². The number of aliphatic hydroxyl groups is 2. The second-order valence-corrected chi connectivity index (χ2v) is 2.18. The first kappa shape index (κ1) is 12.5. The third-order valence-corrected chi connectivity index (χ3v) is 0.879. The largest absolute Gasteiger partial charge is 0.394 e. The Labute approximate surface area is 62.6 Å². The third-order valence-electron chi connectivity index (χ3n) is 0.879. The molecule has 2 N–H and O–H groups in total. The van der Waals surface area contributed by atoms with Crippen LogP contribution in [0, 0.1) is 0 Å². The van der Waals surface area contributed by atoms with Crippen molar-refractivity contribution >= 4 is 0 Å². The Morgan fingerprint density at radius 2 is 1.90 bits per heavy atom. The van der Waals surface area contributed by atoms with E-state index < -0.39 is 6.10 Å². The Bertz CT molecular complexity index is 63.9. The van der Waals surface area contributed by atoms with Gasteiger partial charge in [-0.05, 0) is 13.8 Å². The molecular formula is C7H18O3. The van der Waals surface area contributed by atoms with Crippen LogP contribution in [0.2, 0.25) is 0 Å². The topological polar surface area (TPSA) is 49.7 Å². The van der Waals surface area contributed by atoms with Gasteiger partial charge in [0.15, 0.2) is 0 Å². The molecule has 0 fully saturated rings. The summed E-state index contributed by atoms with van der Waals surface area (Å²) in [5.41, 5.74) is 0. The standard InChI is InChI=1S/C6H14O3.CH4/c1-5(8)4-9-6(2)3-7;/h5-8H,3-4H2,1-2H3;1H4. The molecule has 0 radical (unpaired) electrons. The van der Waals surface area contributed by atoms with Gasteiger partial charge in [-0.2, -0.15) is 0 Å². The summed E-state index contributed by atoms with van der Waals surface area (Å²) in [6.45, 7) is 3.70. The maximum Gasteiger partial charge on any atom is 0.0779 e. The van der Waals surface area contributed by atoms with E-state index in [-0.39, 0.29) is 20.1 Å². The average molecular weight is 150 g/mol. The van der Waals surface area contributed by atoms with Crippen molar-refractivity contribution < 1.29 is 14.9 Å². The van der Waals surface area contributed by atoms with E-state index in [9.17, 15) is 0 Å².